The van der Waals surface area contributed by atoms with Gasteiger partial charge in [0.1, 0.15) is 0 Å². The van der Waals surface area contributed by atoms with Gasteiger partial charge in [-0.2, -0.15) is 0 Å². The van der Waals surface area contributed by atoms with Gasteiger partial charge in [-0.15, -0.1) is 0 Å². The SMILES string of the molecule is Cc1cc(Cl)c(NCc2ccc3ncccc3c2)cc1Cl. The summed E-state index contributed by atoms with van der Waals surface area (Å²) in [5.41, 5.74) is 3.99. The summed E-state index contributed by atoms with van der Waals surface area (Å²) in [6.45, 7) is 2.62. The van der Waals surface area contributed by atoms with Gasteiger partial charge in [0.25, 0.3) is 0 Å². The number of hydrogen-bond acceptors (Lipinski definition) is 2. The minimum atomic E-state index is 0.680. The molecule has 0 spiro atoms. The molecule has 0 bridgehead atoms. The molecular formula is C17H14Cl2N2. The molecule has 0 unspecified atom stereocenters. The van der Waals surface area contributed by atoms with Crippen molar-refractivity contribution in [3.05, 3.63) is 69.8 Å². The number of hydrogen-bond donors (Lipinski definition) is 1. The molecule has 0 atom stereocenters. The van der Waals surface area contributed by atoms with E-state index < -0.39 is 0 Å². The number of rotatable bonds is 3. The number of halogens is 2. The Balaban J connectivity index is 1.81. The molecule has 0 aliphatic heterocycles. The number of nitrogens with zero attached hydrogens (tertiary/aromatic N) is 1. The van der Waals surface area contributed by atoms with Gasteiger partial charge < -0.3 is 5.32 Å². The molecule has 106 valence electrons. The monoisotopic (exact) mass is 316 g/mol. The van der Waals surface area contributed by atoms with Crippen LogP contribution in [0.15, 0.2) is 48.7 Å². The molecule has 2 aromatic carbocycles. The molecule has 0 fully saturated rings. The Morgan fingerprint density at radius 1 is 1.05 bits per heavy atom. The van der Waals surface area contributed by atoms with Crippen LogP contribution in [0.2, 0.25) is 10.0 Å². The highest BCUT2D eigenvalue weighted by Gasteiger charge is 2.05. The van der Waals surface area contributed by atoms with Crippen LogP contribution in [0.5, 0.6) is 0 Å². The quantitative estimate of drug-likeness (QED) is 0.693. The minimum Gasteiger partial charge on any atom is -0.380 e. The molecule has 3 aromatic rings. The fourth-order valence-electron chi connectivity index (χ4n) is 2.21. The van der Waals surface area contributed by atoms with E-state index in [1.165, 1.54) is 5.56 Å². The molecule has 1 N–H and O–H groups in total. The Kier molecular flexibility index (Phi) is 4.00. The summed E-state index contributed by atoms with van der Waals surface area (Å²) in [4.78, 5) is 4.32. The van der Waals surface area contributed by atoms with Gasteiger partial charge >= 0.3 is 0 Å². The fraction of sp³-hybridized carbons (Fsp3) is 0.118. The van der Waals surface area contributed by atoms with Crippen LogP contribution < -0.4 is 5.32 Å². The second kappa shape index (κ2) is 5.92. The maximum atomic E-state index is 6.23. The largest absolute Gasteiger partial charge is 0.380 e. The van der Waals surface area contributed by atoms with Crippen LogP contribution in [0.4, 0.5) is 5.69 Å². The maximum absolute atomic E-state index is 6.23. The summed E-state index contributed by atoms with van der Waals surface area (Å²) in [6.07, 6.45) is 1.80. The summed E-state index contributed by atoms with van der Waals surface area (Å²) in [6, 6.07) is 13.9. The lowest BCUT2D eigenvalue weighted by Gasteiger charge is -2.11. The van der Waals surface area contributed by atoms with Gasteiger partial charge in [0.2, 0.25) is 0 Å². The van der Waals surface area contributed by atoms with E-state index in [-0.39, 0.29) is 0 Å². The molecule has 1 heterocycles. The van der Waals surface area contributed by atoms with E-state index in [2.05, 4.69) is 28.5 Å². The van der Waals surface area contributed by atoms with Gasteiger partial charge in [-0.1, -0.05) is 35.3 Å². The summed E-state index contributed by atoms with van der Waals surface area (Å²) in [5, 5.41) is 5.85. The van der Waals surface area contributed by atoms with E-state index in [0.717, 1.165) is 22.2 Å². The van der Waals surface area contributed by atoms with Gasteiger partial charge in [-0.05, 0) is 48.4 Å². The number of fused-ring (bicyclic) bond motifs is 1. The topological polar surface area (TPSA) is 24.9 Å². The zero-order valence-corrected chi connectivity index (χ0v) is 13.0. The number of pyridine rings is 1. The number of nitrogens with one attached hydrogen (secondary N) is 1. The lowest BCUT2D eigenvalue weighted by molar-refractivity contribution is 1.15. The zero-order chi connectivity index (χ0) is 14.8. The highest BCUT2D eigenvalue weighted by Crippen LogP contribution is 2.29. The molecule has 0 aliphatic carbocycles. The van der Waals surface area contributed by atoms with Gasteiger partial charge in [0, 0.05) is 23.2 Å². The molecule has 0 saturated carbocycles. The molecule has 3 rings (SSSR count). The average molecular weight is 317 g/mol. The van der Waals surface area contributed by atoms with Crippen molar-refractivity contribution in [2.24, 2.45) is 0 Å². The van der Waals surface area contributed by atoms with Crippen LogP contribution in [0, 0.1) is 6.92 Å². The van der Waals surface area contributed by atoms with Crippen molar-refractivity contribution in [1.29, 1.82) is 0 Å². The van der Waals surface area contributed by atoms with Crippen LogP contribution in [0.25, 0.3) is 10.9 Å². The van der Waals surface area contributed by atoms with Crippen LogP contribution in [-0.4, -0.2) is 4.98 Å². The van der Waals surface area contributed by atoms with Gasteiger partial charge in [-0.3, -0.25) is 4.98 Å². The Morgan fingerprint density at radius 3 is 2.76 bits per heavy atom. The minimum absolute atomic E-state index is 0.680. The van der Waals surface area contributed by atoms with Crippen molar-refractivity contribution in [2.45, 2.75) is 13.5 Å². The normalized spacial score (nSPS) is 10.8. The molecule has 0 saturated heterocycles. The summed E-state index contributed by atoms with van der Waals surface area (Å²) in [7, 11) is 0. The third-order valence-corrected chi connectivity index (χ3v) is 4.12. The second-order valence-electron chi connectivity index (χ2n) is 4.97. The average Bonchev–Trinajstić information content (AvgIpc) is 2.49. The molecule has 21 heavy (non-hydrogen) atoms. The number of aromatic nitrogens is 1. The molecular weight excluding hydrogens is 303 g/mol. The van der Waals surface area contributed by atoms with Gasteiger partial charge in [0.15, 0.2) is 0 Å². The Labute approximate surface area is 133 Å². The van der Waals surface area contributed by atoms with E-state index in [1.807, 2.05) is 31.2 Å². The van der Waals surface area contributed by atoms with Crippen molar-refractivity contribution < 1.29 is 0 Å². The summed E-state index contributed by atoms with van der Waals surface area (Å²) >= 11 is 12.4. The Bertz CT molecular complexity index is 800. The Hall–Kier alpha value is -1.77. The van der Waals surface area contributed by atoms with Crippen LogP contribution in [0.1, 0.15) is 11.1 Å². The van der Waals surface area contributed by atoms with E-state index in [4.69, 9.17) is 23.2 Å². The van der Waals surface area contributed by atoms with Crippen LogP contribution in [-0.2, 0) is 6.54 Å². The Morgan fingerprint density at radius 2 is 1.90 bits per heavy atom. The smallest absolute Gasteiger partial charge is 0.0702 e. The number of benzene rings is 2. The highest BCUT2D eigenvalue weighted by atomic mass is 35.5. The van der Waals surface area contributed by atoms with Crippen molar-refractivity contribution >= 4 is 39.8 Å². The van der Waals surface area contributed by atoms with Crippen molar-refractivity contribution in [3.8, 4) is 0 Å². The lowest BCUT2D eigenvalue weighted by Crippen LogP contribution is -2.00. The van der Waals surface area contributed by atoms with Crippen LogP contribution in [0.3, 0.4) is 0 Å². The third kappa shape index (κ3) is 3.12. The lowest BCUT2D eigenvalue weighted by atomic mass is 10.1. The first kappa shape index (κ1) is 14.2. The third-order valence-electron chi connectivity index (χ3n) is 3.40. The van der Waals surface area contributed by atoms with Crippen LogP contribution >= 0.6 is 23.2 Å². The standard InChI is InChI=1S/C17H14Cl2N2/c1-11-7-15(19)17(9-14(11)18)21-10-12-4-5-16-13(8-12)3-2-6-20-16/h2-9,21H,10H2,1H3. The summed E-state index contributed by atoms with van der Waals surface area (Å²) in [5.74, 6) is 0. The first-order valence-electron chi connectivity index (χ1n) is 6.66. The molecule has 0 radical (unpaired) electrons. The number of anilines is 1. The molecule has 4 heteroatoms. The predicted octanol–water partition coefficient (Wildman–Crippen LogP) is 5.46. The predicted molar refractivity (Wildman–Crippen MR) is 90.3 cm³/mol. The van der Waals surface area contributed by atoms with Gasteiger partial charge in [-0.25, -0.2) is 0 Å². The van der Waals surface area contributed by atoms with E-state index in [1.54, 1.807) is 6.20 Å². The highest BCUT2D eigenvalue weighted by molar-refractivity contribution is 6.35. The molecule has 0 aliphatic rings. The molecule has 0 amide bonds. The van der Waals surface area contributed by atoms with Crippen molar-refractivity contribution in [2.75, 3.05) is 5.32 Å². The zero-order valence-electron chi connectivity index (χ0n) is 11.5. The van der Waals surface area contributed by atoms with Crippen molar-refractivity contribution in [3.63, 3.8) is 0 Å². The summed E-state index contributed by atoms with van der Waals surface area (Å²) < 4.78 is 0. The molecule has 1 aromatic heterocycles. The van der Waals surface area contributed by atoms with Crippen molar-refractivity contribution in [1.82, 2.24) is 4.98 Å². The van der Waals surface area contributed by atoms with Gasteiger partial charge in [0.05, 0.1) is 16.2 Å². The first-order valence-corrected chi connectivity index (χ1v) is 7.42. The molecule has 2 nitrogen and oxygen atoms in total. The first-order chi connectivity index (χ1) is 10.1. The number of aryl methyl sites for hydroxylation is 1. The van der Waals surface area contributed by atoms with E-state index >= 15 is 0 Å². The van der Waals surface area contributed by atoms with E-state index in [0.29, 0.717) is 16.6 Å². The van der Waals surface area contributed by atoms with E-state index in [9.17, 15) is 0 Å². The maximum Gasteiger partial charge on any atom is 0.0702 e. The fourth-order valence-corrected chi connectivity index (χ4v) is 2.66. The second-order valence-corrected chi connectivity index (χ2v) is 5.78.